The van der Waals surface area contributed by atoms with E-state index in [1.165, 1.54) is 38.5 Å². The summed E-state index contributed by atoms with van der Waals surface area (Å²) in [6.07, 6.45) is 6.08. The van der Waals surface area contributed by atoms with Gasteiger partial charge in [-0.05, 0) is 75.3 Å². The highest BCUT2D eigenvalue weighted by atomic mass is 19.3. The van der Waals surface area contributed by atoms with Gasteiger partial charge in [0.1, 0.15) is 0 Å². The van der Waals surface area contributed by atoms with Gasteiger partial charge in [-0.25, -0.2) is 8.78 Å². The van der Waals surface area contributed by atoms with Crippen molar-refractivity contribution in [2.75, 3.05) is 26.7 Å². The Morgan fingerprint density at radius 2 is 1.57 bits per heavy atom. The minimum absolute atomic E-state index is 0.103. The molecule has 0 aromatic rings. The van der Waals surface area contributed by atoms with E-state index in [1.807, 2.05) is 11.9 Å². The van der Waals surface area contributed by atoms with E-state index >= 15 is 0 Å². The normalized spacial score (nSPS) is 39.4. The van der Waals surface area contributed by atoms with Crippen LogP contribution in [0.25, 0.3) is 0 Å². The van der Waals surface area contributed by atoms with Crippen molar-refractivity contribution >= 4 is 0 Å². The van der Waals surface area contributed by atoms with Crippen LogP contribution < -0.4 is 5.32 Å². The molecule has 0 radical (unpaired) electrons. The van der Waals surface area contributed by atoms with Gasteiger partial charge in [-0.15, -0.1) is 0 Å². The van der Waals surface area contributed by atoms with Gasteiger partial charge in [-0.2, -0.15) is 0 Å². The van der Waals surface area contributed by atoms with E-state index in [9.17, 15) is 8.78 Å². The van der Waals surface area contributed by atoms with E-state index in [4.69, 9.17) is 0 Å². The molecule has 4 saturated carbocycles. The summed E-state index contributed by atoms with van der Waals surface area (Å²) in [5, 5.41) is 3.66. The summed E-state index contributed by atoms with van der Waals surface area (Å²) < 4.78 is 25.2. The van der Waals surface area contributed by atoms with Gasteiger partial charge in [0.25, 0.3) is 6.43 Å². The minimum atomic E-state index is -2.23. The third-order valence-electron chi connectivity index (χ3n) is 6.22. The first-order valence-electron chi connectivity index (χ1n) is 8.71. The molecular weight excluding hydrogens is 270 g/mol. The topological polar surface area (TPSA) is 15.3 Å². The van der Waals surface area contributed by atoms with Gasteiger partial charge in [0.2, 0.25) is 0 Å². The van der Waals surface area contributed by atoms with Crippen LogP contribution in [0, 0.1) is 23.2 Å². The summed E-state index contributed by atoms with van der Waals surface area (Å²) in [7, 11) is 1.84. The van der Waals surface area contributed by atoms with E-state index in [-0.39, 0.29) is 6.54 Å². The van der Waals surface area contributed by atoms with Gasteiger partial charge in [0.05, 0.1) is 6.54 Å². The molecule has 21 heavy (non-hydrogen) atoms. The molecule has 0 amide bonds. The molecule has 4 fully saturated rings. The Hall–Kier alpha value is -0.220. The molecule has 0 aromatic heterocycles. The molecule has 1 atom stereocenters. The van der Waals surface area contributed by atoms with E-state index in [2.05, 4.69) is 12.2 Å². The highest BCUT2D eigenvalue weighted by Crippen LogP contribution is 2.61. The van der Waals surface area contributed by atoms with Gasteiger partial charge in [0, 0.05) is 12.6 Å². The lowest BCUT2D eigenvalue weighted by Gasteiger charge is -2.60. The van der Waals surface area contributed by atoms with Gasteiger partial charge in [-0.1, -0.05) is 6.92 Å². The zero-order valence-corrected chi connectivity index (χ0v) is 13.5. The van der Waals surface area contributed by atoms with Crippen molar-refractivity contribution in [1.29, 1.82) is 0 Å². The van der Waals surface area contributed by atoms with Gasteiger partial charge >= 0.3 is 0 Å². The second-order valence-corrected chi connectivity index (χ2v) is 8.00. The number of rotatable bonds is 7. The standard InChI is InChI=1S/C17H30F2N2/c1-3-20-15(10-21(2)11-16(18)19)17-7-12-4-13(8-17)6-14(5-12)9-17/h12-16,20H,3-11H2,1-2H3. The van der Waals surface area contributed by atoms with Crippen LogP contribution in [-0.4, -0.2) is 44.0 Å². The SMILES string of the molecule is CCNC(CN(C)CC(F)F)C12CC3CC(CC(C3)C1)C2. The summed E-state index contributed by atoms with van der Waals surface area (Å²) in [6.45, 7) is 3.74. The molecule has 122 valence electrons. The lowest BCUT2D eigenvalue weighted by molar-refractivity contribution is -0.0790. The second kappa shape index (κ2) is 6.11. The van der Waals surface area contributed by atoms with Crippen LogP contribution in [0.15, 0.2) is 0 Å². The van der Waals surface area contributed by atoms with Gasteiger partial charge in [0.15, 0.2) is 0 Å². The lowest BCUT2D eigenvalue weighted by Crippen LogP contribution is -2.59. The number of hydrogen-bond donors (Lipinski definition) is 1. The molecule has 0 heterocycles. The molecule has 0 spiro atoms. The fraction of sp³-hybridized carbons (Fsp3) is 1.00. The number of nitrogens with zero attached hydrogens (tertiary/aromatic N) is 1. The van der Waals surface area contributed by atoms with Crippen LogP contribution in [0.3, 0.4) is 0 Å². The monoisotopic (exact) mass is 300 g/mol. The third kappa shape index (κ3) is 3.26. The van der Waals surface area contributed by atoms with Crippen molar-refractivity contribution in [2.45, 2.75) is 57.9 Å². The molecule has 0 aromatic carbocycles. The van der Waals surface area contributed by atoms with E-state index in [1.54, 1.807) is 0 Å². The number of likely N-dealkylation sites (N-methyl/N-ethyl adjacent to an activating group) is 2. The highest BCUT2D eigenvalue weighted by molar-refractivity contribution is 5.06. The fourth-order valence-corrected chi connectivity index (χ4v) is 5.95. The maximum atomic E-state index is 12.6. The molecule has 1 unspecified atom stereocenters. The van der Waals surface area contributed by atoms with Crippen LogP contribution in [0.1, 0.15) is 45.4 Å². The molecule has 0 saturated heterocycles. The molecule has 4 aliphatic carbocycles. The van der Waals surface area contributed by atoms with Crippen molar-refractivity contribution < 1.29 is 8.78 Å². The molecule has 4 bridgehead atoms. The molecule has 0 aliphatic heterocycles. The Labute approximate surface area is 127 Å². The van der Waals surface area contributed by atoms with Crippen molar-refractivity contribution in [3.63, 3.8) is 0 Å². The first kappa shape index (κ1) is 15.7. The van der Waals surface area contributed by atoms with Gasteiger partial charge < -0.3 is 5.32 Å². The molecule has 4 rings (SSSR count). The zero-order chi connectivity index (χ0) is 15.0. The van der Waals surface area contributed by atoms with Crippen molar-refractivity contribution in [3.05, 3.63) is 0 Å². The summed E-state index contributed by atoms with van der Waals surface area (Å²) >= 11 is 0. The predicted molar refractivity (Wildman–Crippen MR) is 81.6 cm³/mol. The van der Waals surface area contributed by atoms with E-state index < -0.39 is 6.43 Å². The Morgan fingerprint density at radius 3 is 2.00 bits per heavy atom. The van der Waals surface area contributed by atoms with Crippen LogP contribution in [0.4, 0.5) is 8.78 Å². The molecular formula is C17H30F2N2. The summed E-state index contributed by atoms with van der Waals surface area (Å²) in [4.78, 5) is 1.83. The van der Waals surface area contributed by atoms with Crippen LogP contribution in [0.5, 0.6) is 0 Å². The summed E-state index contributed by atoms with van der Waals surface area (Å²) in [5.74, 6) is 2.74. The first-order chi connectivity index (χ1) is 10.0. The largest absolute Gasteiger partial charge is 0.312 e. The quantitative estimate of drug-likeness (QED) is 0.775. The minimum Gasteiger partial charge on any atom is -0.312 e. The maximum Gasteiger partial charge on any atom is 0.251 e. The predicted octanol–water partition coefficient (Wildman–Crippen LogP) is 3.38. The maximum absolute atomic E-state index is 12.6. The van der Waals surface area contributed by atoms with Crippen molar-refractivity contribution in [2.24, 2.45) is 23.2 Å². The third-order valence-corrected chi connectivity index (χ3v) is 6.22. The summed E-state index contributed by atoms with van der Waals surface area (Å²) in [5.41, 5.74) is 0.390. The van der Waals surface area contributed by atoms with Crippen molar-refractivity contribution in [3.8, 4) is 0 Å². The Balaban J connectivity index is 1.71. The molecule has 1 N–H and O–H groups in total. The molecule has 2 nitrogen and oxygen atoms in total. The van der Waals surface area contributed by atoms with Crippen LogP contribution >= 0.6 is 0 Å². The highest BCUT2D eigenvalue weighted by Gasteiger charge is 2.54. The first-order valence-corrected chi connectivity index (χ1v) is 8.71. The molecule has 4 heteroatoms. The Kier molecular flexibility index (Phi) is 4.56. The van der Waals surface area contributed by atoms with Crippen LogP contribution in [0.2, 0.25) is 0 Å². The van der Waals surface area contributed by atoms with E-state index in [0.717, 1.165) is 30.8 Å². The number of nitrogens with one attached hydrogen (secondary N) is 1. The Bertz CT molecular complexity index is 323. The number of hydrogen-bond acceptors (Lipinski definition) is 2. The van der Waals surface area contributed by atoms with E-state index in [0.29, 0.717) is 11.5 Å². The number of halogens is 2. The zero-order valence-electron chi connectivity index (χ0n) is 13.5. The average Bonchev–Trinajstić information content (AvgIpc) is 2.35. The fourth-order valence-electron chi connectivity index (χ4n) is 5.95. The average molecular weight is 300 g/mol. The second-order valence-electron chi connectivity index (χ2n) is 8.00. The molecule has 4 aliphatic rings. The van der Waals surface area contributed by atoms with Gasteiger partial charge in [-0.3, -0.25) is 4.90 Å². The summed E-state index contributed by atoms with van der Waals surface area (Å²) in [6, 6.07) is 0.389. The Morgan fingerprint density at radius 1 is 1.05 bits per heavy atom. The van der Waals surface area contributed by atoms with Crippen molar-refractivity contribution in [1.82, 2.24) is 10.2 Å². The lowest BCUT2D eigenvalue weighted by atomic mass is 9.47. The number of alkyl halides is 2. The van der Waals surface area contributed by atoms with Crippen LogP contribution in [-0.2, 0) is 0 Å². The smallest absolute Gasteiger partial charge is 0.251 e.